The molecule has 0 aliphatic rings. The third-order valence-corrected chi connectivity index (χ3v) is 4.60. The van der Waals surface area contributed by atoms with Crippen molar-refractivity contribution >= 4 is 35.1 Å². The van der Waals surface area contributed by atoms with Crippen molar-refractivity contribution in [3.63, 3.8) is 0 Å². The normalized spacial score (nSPS) is 10.6. The summed E-state index contributed by atoms with van der Waals surface area (Å²) in [6.07, 6.45) is 1.35. The number of hydrogen-bond acceptors (Lipinski definition) is 9. The van der Waals surface area contributed by atoms with Crippen LogP contribution in [-0.2, 0) is 4.79 Å². The number of non-ortho nitro benzene ring substituents is 1. The number of nitro benzene ring substituents is 2. The number of amides is 1. The second-order valence-electron chi connectivity index (χ2n) is 6.71. The van der Waals surface area contributed by atoms with Crippen molar-refractivity contribution in [2.75, 3.05) is 13.7 Å². The first-order valence-electron chi connectivity index (χ1n) is 9.76. The summed E-state index contributed by atoms with van der Waals surface area (Å²) in [4.78, 5) is 32.6. The van der Waals surface area contributed by atoms with E-state index in [1.165, 1.54) is 25.5 Å². The molecule has 12 nitrogen and oxygen atoms in total. The molecule has 13 heteroatoms. The molecule has 0 saturated carbocycles. The first kappa shape index (κ1) is 24.9. The molecule has 3 aromatic rings. The number of hydrazone groups is 1. The molecule has 0 bridgehead atoms. The van der Waals surface area contributed by atoms with Crippen LogP contribution >= 0.6 is 11.6 Å². The summed E-state index contributed by atoms with van der Waals surface area (Å²) in [6, 6.07) is 14.1. The summed E-state index contributed by atoms with van der Waals surface area (Å²) < 4.78 is 16.2. The minimum Gasteiger partial charge on any atom is -0.493 e. The molecule has 180 valence electrons. The van der Waals surface area contributed by atoms with Gasteiger partial charge in [0.1, 0.15) is 5.75 Å². The van der Waals surface area contributed by atoms with Gasteiger partial charge < -0.3 is 14.2 Å². The standard InChI is InChI=1S/C22H17ClN4O8/c1-33-21-10-14(12-24-25-22(28)13-34-17-6-3-15(23)4-7-17)2-8-20(21)35-19-9-5-16(26(29)30)11-18(19)27(31)32/h2-12H,13H2,1H3,(H,25,28). The molecule has 0 unspecified atom stereocenters. The van der Waals surface area contributed by atoms with Gasteiger partial charge in [-0.3, -0.25) is 25.0 Å². The van der Waals surface area contributed by atoms with Gasteiger partial charge in [0, 0.05) is 11.1 Å². The van der Waals surface area contributed by atoms with Crippen LogP contribution in [0.15, 0.2) is 65.8 Å². The molecule has 0 spiro atoms. The van der Waals surface area contributed by atoms with E-state index in [9.17, 15) is 25.0 Å². The number of carbonyl (C=O) groups excluding carboxylic acids is 1. The van der Waals surface area contributed by atoms with E-state index in [0.29, 0.717) is 16.3 Å². The fraction of sp³-hybridized carbons (Fsp3) is 0.0909. The highest BCUT2D eigenvalue weighted by Gasteiger charge is 2.22. The number of nitro groups is 2. The van der Waals surface area contributed by atoms with E-state index in [1.54, 1.807) is 30.3 Å². The van der Waals surface area contributed by atoms with Crippen molar-refractivity contribution in [3.05, 3.63) is 91.5 Å². The summed E-state index contributed by atoms with van der Waals surface area (Å²) in [5, 5.41) is 26.6. The van der Waals surface area contributed by atoms with Crippen molar-refractivity contribution in [2.45, 2.75) is 0 Å². The first-order valence-corrected chi connectivity index (χ1v) is 10.1. The molecular formula is C22H17ClN4O8. The van der Waals surface area contributed by atoms with Crippen LogP contribution in [0.1, 0.15) is 5.56 Å². The highest BCUT2D eigenvalue weighted by atomic mass is 35.5. The molecule has 0 aliphatic heterocycles. The van der Waals surface area contributed by atoms with Gasteiger partial charge in [-0.1, -0.05) is 11.6 Å². The monoisotopic (exact) mass is 500 g/mol. The summed E-state index contributed by atoms with van der Waals surface area (Å²) in [6.45, 7) is -0.261. The fourth-order valence-corrected chi connectivity index (χ4v) is 2.83. The van der Waals surface area contributed by atoms with E-state index in [1.807, 2.05) is 0 Å². The Morgan fingerprint density at radius 3 is 2.37 bits per heavy atom. The van der Waals surface area contributed by atoms with Gasteiger partial charge in [-0.2, -0.15) is 5.10 Å². The molecule has 3 aromatic carbocycles. The molecule has 0 fully saturated rings. The maximum atomic E-state index is 11.9. The number of halogens is 1. The van der Waals surface area contributed by atoms with E-state index in [4.69, 9.17) is 25.8 Å². The second-order valence-corrected chi connectivity index (χ2v) is 7.15. The Balaban J connectivity index is 1.65. The van der Waals surface area contributed by atoms with Gasteiger partial charge in [0.15, 0.2) is 18.1 Å². The van der Waals surface area contributed by atoms with E-state index in [2.05, 4.69) is 10.5 Å². The van der Waals surface area contributed by atoms with Gasteiger partial charge in [-0.15, -0.1) is 0 Å². The SMILES string of the molecule is COc1cc(C=NNC(=O)COc2ccc(Cl)cc2)ccc1Oc1ccc([N+](=O)[O-])cc1[N+](=O)[O-]. The molecule has 0 atom stereocenters. The topological polar surface area (TPSA) is 155 Å². The van der Waals surface area contributed by atoms with Gasteiger partial charge in [0.2, 0.25) is 5.75 Å². The molecular weight excluding hydrogens is 484 g/mol. The predicted molar refractivity (Wildman–Crippen MR) is 126 cm³/mol. The Labute approximate surface area is 203 Å². The number of nitrogens with one attached hydrogen (secondary N) is 1. The maximum Gasteiger partial charge on any atom is 0.318 e. The lowest BCUT2D eigenvalue weighted by Crippen LogP contribution is -2.24. The number of benzene rings is 3. The average molecular weight is 501 g/mol. The van der Waals surface area contributed by atoms with Crippen molar-refractivity contribution in [1.82, 2.24) is 5.43 Å². The molecule has 0 aliphatic carbocycles. The van der Waals surface area contributed by atoms with E-state index >= 15 is 0 Å². The van der Waals surface area contributed by atoms with Gasteiger partial charge >= 0.3 is 5.69 Å². The molecule has 0 heterocycles. The Bertz CT molecular complexity index is 1280. The van der Waals surface area contributed by atoms with Crippen LogP contribution < -0.4 is 19.6 Å². The van der Waals surface area contributed by atoms with Gasteiger partial charge in [-0.05, 0) is 54.1 Å². The average Bonchev–Trinajstić information content (AvgIpc) is 2.84. The summed E-state index contributed by atoms with van der Waals surface area (Å²) in [7, 11) is 1.36. The van der Waals surface area contributed by atoms with Gasteiger partial charge in [-0.25, -0.2) is 5.43 Å². The highest BCUT2D eigenvalue weighted by Crippen LogP contribution is 2.38. The van der Waals surface area contributed by atoms with Gasteiger partial charge in [0.25, 0.3) is 11.6 Å². The zero-order valence-corrected chi connectivity index (χ0v) is 18.8. The minimum absolute atomic E-state index is 0.127. The van der Waals surface area contributed by atoms with Crippen molar-refractivity contribution < 1.29 is 28.9 Å². The quantitative estimate of drug-likeness (QED) is 0.242. The Morgan fingerprint density at radius 1 is 1.00 bits per heavy atom. The number of carbonyl (C=O) groups is 1. The van der Waals surface area contributed by atoms with E-state index in [0.717, 1.165) is 18.2 Å². The Kier molecular flexibility index (Phi) is 8.14. The third-order valence-electron chi connectivity index (χ3n) is 4.34. The molecule has 35 heavy (non-hydrogen) atoms. The Morgan fingerprint density at radius 2 is 1.71 bits per heavy atom. The van der Waals surface area contributed by atoms with Gasteiger partial charge in [0.05, 0.1) is 29.2 Å². The van der Waals surface area contributed by atoms with Crippen LogP contribution in [0.25, 0.3) is 0 Å². The van der Waals surface area contributed by atoms with Crippen LogP contribution in [0.3, 0.4) is 0 Å². The fourth-order valence-electron chi connectivity index (χ4n) is 2.71. The lowest BCUT2D eigenvalue weighted by Gasteiger charge is -2.11. The molecule has 1 N–H and O–H groups in total. The smallest absolute Gasteiger partial charge is 0.318 e. The Hall–Kier alpha value is -4.71. The second kappa shape index (κ2) is 11.4. The van der Waals surface area contributed by atoms with Crippen LogP contribution in [0.4, 0.5) is 11.4 Å². The zero-order chi connectivity index (χ0) is 25.4. The number of ether oxygens (including phenoxy) is 3. The number of methoxy groups -OCH3 is 1. The van der Waals surface area contributed by atoms with Crippen molar-refractivity contribution in [1.29, 1.82) is 0 Å². The van der Waals surface area contributed by atoms with E-state index in [-0.39, 0.29) is 23.9 Å². The molecule has 0 saturated heterocycles. The maximum absolute atomic E-state index is 11.9. The van der Waals surface area contributed by atoms with Crippen LogP contribution in [0, 0.1) is 20.2 Å². The lowest BCUT2D eigenvalue weighted by atomic mass is 10.2. The zero-order valence-electron chi connectivity index (χ0n) is 18.0. The highest BCUT2D eigenvalue weighted by molar-refractivity contribution is 6.30. The largest absolute Gasteiger partial charge is 0.493 e. The minimum atomic E-state index is -0.783. The summed E-state index contributed by atoms with van der Waals surface area (Å²) in [5.74, 6) is 0.116. The van der Waals surface area contributed by atoms with Crippen molar-refractivity contribution in [2.24, 2.45) is 5.10 Å². The number of nitrogens with zero attached hydrogens (tertiary/aromatic N) is 3. The summed E-state index contributed by atoms with van der Waals surface area (Å²) >= 11 is 5.79. The van der Waals surface area contributed by atoms with Crippen LogP contribution in [-0.4, -0.2) is 35.7 Å². The third kappa shape index (κ3) is 6.88. The molecule has 1 amide bonds. The number of hydrogen-bond donors (Lipinski definition) is 1. The molecule has 0 radical (unpaired) electrons. The first-order chi connectivity index (χ1) is 16.8. The van der Waals surface area contributed by atoms with Crippen LogP contribution in [0.2, 0.25) is 5.02 Å². The summed E-state index contributed by atoms with van der Waals surface area (Å²) in [5.41, 5.74) is 1.82. The lowest BCUT2D eigenvalue weighted by molar-refractivity contribution is -0.394. The van der Waals surface area contributed by atoms with Crippen molar-refractivity contribution in [3.8, 4) is 23.0 Å². The van der Waals surface area contributed by atoms with Crippen LogP contribution in [0.5, 0.6) is 23.0 Å². The number of rotatable bonds is 10. The van der Waals surface area contributed by atoms with E-state index < -0.39 is 27.1 Å². The predicted octanol–water partition coefficient (Wildman–Crippen LogP) is 4.49. The molecule has 3 rings (SSSR count). The molecule has 0 aromatic heterocycles.